The first kappa shape index (κ1) is 15.1. The fraction of sp³-hybridized carbons (Fsp3) is 0.0500. The number of hydrogen-bond acceptors (Lipinski definition) is 3. The van der Waals surface area contributed by atoms with E-state index in [0.717, 1.165) is 22.1 Å². The largest absolute Gasteiger partial charge is 0.320 e. The number of para-hydroxylation sites is 1. The summed E-state index contributed by atoms with van der Waals surface area (Å²) in [5.74, 6) is -0.268. The number of nitrogens with one attached hydrogen (secondary N) is 1. The molecule has 4 aromatic rings. The molecule has 0 aliphatic carbocycles. The van der Waals surface area contributed by atoms with Gasteiger partial charge in [0.1, 0.15) is 0 Å². The van der Waals surface area contributed by atoms with Crippen LogP contribution < -0.4 is 5.32 Å². The average Bonchev–Trinajstić information content (AvgIpc) is 3.05. The molecule has 122 valence electrons. The molecule has 3 aromatic carbocycles. The van der Waals surface area contributed by atoms with E-state index in [1.807, 2.05) is 72.8 Å². The summed E-state index contributed by atoms with van der Waals surface area (Å²) in [4.78, 5) is 14.2. The Morgan fingerprint density at radius 3 is 2.44 bits per heavy atom. The number of carbonyl (C=O) groups is 1. The Labute approximate surface area is 144 Å². The molecule has 0 saturated heterocycles. The summed E-state index contributed by atoms with van der Waals surface area (Å²) in [6.45, 7) is 1.78. The lowest BCUT2D eigenvalue weighted by atomic mass is 10.1. The molecule has 1 amide bonds. The van der Waals surface area contributed by atoms with Gasteiger partial charge in [0.05, 0.1) is 11.4 Å². The Hall–Kier alpha value is -3.47. The number of fused-ring (bicyclic) bond motifs is 1. The number of hydrogen-bond donors (Lipinski definition) is 1. The Bertz CT molecular complexity index is 1050. The Balaban J connectivity index is 1.66. The maximum Gasteiger partial charge on any atom is 0.278 e. The molecule has 5 nitrogen and oxygen atoms in total. The van der Waals surface area contributed by atoms with Crippen LogP contribution >= 0.6 is 0 Å². The van der Waals surface area contributed by atoms with Crippen molar-refractivity contribution in [3.8, 4) is 5.69 Å². The molecule has 4 rings (SSSR count). The van der Waals surface area contributed by atoms with Gasteiger partial charge in [-0.05, 0) is 30.5 Å². The van der Waals surface area contributed by atoms with Crippen LogP contribution in [0.3, 0.4) is 0 Å². The zero-order chi connectivity index (χ0) is 17.2. The third kappa shape index (κ3) is 2.87. The van der Waals surface area contributed by atoms with E-state index in [1.165, 1.54) is 4.80 Å². The Morgan fingerprint density at radius 2 is 1.60 bits per heavy atom. The van der Waals surface area contributed by atoms with Crippen LogP contribution in [0.5, 0.6) is 0 Å². The van der Waals surface area contributed by atoms with E-state index in [1.54, 1.807) is 6.92 Å². The van der Waals surface area contributed by atoms with Gasteiger partial charge in [0, 0.05) is 11.1 Å². The van der Waals surface area contributed by atoms with Crippen molar-refractivity contribution in [1.29, 1.82) is 0 Å². The van der Waals surface area contributed by atoms with Crippen LogP contribution in [0.25, 0.3) is 16.5 Å². The molecule has 1 aromatic heterocycles. The van der Waals surface area contributed by atoms with Crippen molar-refractivity contribution < 1.29 is 4.79 Å². The van der Waals surface area contributed by atoms with E-state index >= 15 is 0 Å². The minimum absolute atomic E-state index is 0.268. The topological polar surface area (TPSA) is 59.8 Å². The highest BCUT2D eigenvalue weighted by atomic mass is 16.2. The van der Waals surface area contributed by atoms with Gasteiger partial charge in [-0.25, -0.2) is 0 Å². The van der Waals surface area contributed by atoms with Crippen molar-refractivity contribution in [2.45, 2.75) is 6.92 Å². The lowest BCUT2D eigenvalue weighted by Crippen LogP contribution is -2.14. The van der Waals surface area contributed by atoms with E-state index in [4.69, 9.17) is 0 Å². The number of benzene rings is 3. The second-order valence-corrected chi connectivity index (χ2v) is 5.74. The molecule has 0 spiro atoms. The van der Waals surface area contributed by atoms with E-state index in [9.17, 15) is 4.79 Å². The van der Waals surface area contributed by atoms with Gasteiger partial charge < -0.3 is 5.32 Å². The first-order chi connectivity index (χ1) is 12.2. The van der Waals surface area contributed by atoms with Gasteiger partial charge in [0.2, 0.25) is 0 Å². The number of aromatic nitrogens is 3. The van der Waals surface area contributed by atoms with E-state index in [0.29, 0.717) is 11.4 Å². The summed E-state index contributed by atoms with van der Waals surface area (Å²) in [5, 5.41) is 13.7. The van der Waals surface area contributed by atoms with Crippen LogP contribution in [0.2, 0.25) is 0 Å². The fourth-order valence-electron chi connectivity index (χ4n) is 2.78. The van der Waals surface area contributed by atoms with Crippen LogP contribution in [0.1, 0.15) is 16.2 Å². The van der Waals surface area contributed by atoms with Crippen molar-refractivity contribution in [1.82, 2.24) is 15.0 Å². The fourth-order valence-corrected chi connectivity index (χ4v) is 2.78. The summed E-state index contributed by atoms with van der Waals surface area (Å²) in [5.41, 5.74) is 2.48. The Kier molecular flexibility index (Phi) is 3.74. The maximum absolute atomic E-state index is 12.7. The zero-order valence-electron chi connectivity index (χ0n) is 13.7. The molecule has 0 saturated carbocycles. The van der Waals surface area contributed by atoms with Gasteiger partial charge in [-0.15, -0.1) is 5.10 Å². The molecule has 0 aliphatic rings. The lowest BCUT2D eigenvalue weighted by Gasteiger charge is -2.07. The number of anilines is 1. The van der Waals surface area contributed by atoms with Crippen LogP contribution in [-0.2, 0) is 0 Å². The van der Waals surface area contributed by atoms with Crippen LogP contribution in [0.4, 0.5) is 5.69 Å². The second kappa shape index (κ2) is 6.20. The number of nitrogens with zero attached hydrogens (tertiary/aromatic N) is 3. The predicted octanol–water partition coefficient (Wildman–Crippen LogP) is 3.98. The smallest absolute Gasteiger partial charge is 0.278 e. The average molecular weight is 328 g/mol. The summed E-state index contributed by atoms with van der Waals surface area (Å²) < 4.78 is 0. The molecule has 1 heterocycles. The summed E-state index contributed by atoms with van der Waals surface area (Å²) in [7, 11) is 0. The third-order valence-corrected chi connectivity index (χ3v) is 4.02. The number of rotatable bonds is 3. The van der Waals surface area contributed by atoms with Gasteiger partial charge >= 0.3 is 0 Å². The molecule has 0 aliphatic heterocycles. The minimum atomic E-state index is -0.268. The van der Waals surface area contributed by atoms with Gasteiger partial charge in [0.25, 0.3) is 5.91 Å². The monoisotopic (exact) mass is 328 g/mol. The van der Waals surface area contributed by atoms with Crippen molar-refractivity contribution in [3.63, 3.8) is 0 Å². The highest BCUT2D eigenvalue weighted by Gasteiger charge is 2.17. The number of carbonyl (C=O) groups excluding carboxylic acids is 1. The molecular formula is C20H16N4O. The molecule has 0 unspecified atom stereocenters. The van der Waals surface area contributed by atoms with E-state index < -0.39 is 0 Å². The first-order valence-corrected chi connectivity index (χ1v) is 8.01. The van der Waals surface area contributed by atoms with Crippen LogP contribution in [-0.4, -0.2) is 20.9 Å². The molecule has 0 bridgehead atoms. The van der Waals surface area contributed by atoms with Gasteiger partial charge in [0.15, 0.2) is 5.69 Å². The molecule has 25 heavy (non-hydrogen) atoms. The van der Waals surface area contributed by atoms with E-state index in [2.05, 4.69) is 15.5 Å². The highest BCUT2D eigenvalue weighted by molar-refractivity contribution is 6.08. The minimum Gasteiger partial charge on any atom is -0.320 e. The summed E-state index contributed by atoms with van der Waals surface area (Å²) in [6, 6.07) is 23.3. The first-order valence-electron chi connectivity index (χ1n) is 8.01. The highest BCUT2D eigenvalue weighted by Crippen LogP contribution is 2.23. The summed E-state index contributed by atoms with van der Waals surface area (Å²) >= 11 is 0. The van der Waals surface area contributed by atoms with Gasteiger partial charge in [-0.3, -0.25) is 4.79 Å². The van der Waals surface area contributed by atoms with Crippen molar-refractivity contribution in [2.24, 2.45) is 0 Å². The standard InChI is InChI=1S/C20H16N4O/c1-14-19(23-24(22-14)16-10-3-2-4-11-16)20(25)21-18-13-7-9-15-8-5-6-12-17(15)18/h2-13H,1H3,(H,21,25). The molecular weight excluding hydrogens is 312 g/mol. The van der Waals surface area contributed by atoms with Crippen LogP contribution in [0, 0.1) is 6.92 Å². The van der Waals surface area contributed by atoms with Crippen molar-refractivity contribution in [3.05, 3.63) is 84.2 Å². The summed E-state index contributed by atoms with van der Waals surface area (Å²) in [6.07, 6.45) is 0. The van der Waals surface area contributed by atoms with Crippen LogP contribution in [0.15, 0.2) is 72.8 Å². The second-order valence-electron chi connectivity index (χ2n) is 5.74. The third-order valence-electron chi connectivity index (χ3n) is 4.02. The predicted molar refractivity (Wildman–Crippen MR) is 98.0 cm³/mol. The van der Waals surface area contributed by atoms with E-state index in [-0.39, 0.29) is 5.91 Å². The van der Waals surface area contributed by atoms with Gasteiger partial charge in [-0.2, -0.15) is 9.90 Å². The lowest BCUT2D eigenvalue weighted by molar-refractivity contribution is 0.102. The molecule has 0 radical (unpaired) electrons. The van der Waals surface area contributed by atoms with Crippen molar-refractivity contribution >= 4 is 22.4 Å². The zero-order valence-corrected chi connectivity index (χ0v) is 13.7. The number of aryl methyl sites for hydroxylation is 1. The quantitative estimate of drug-likeness (QED) is 0.619. The molecule has 0 atom stereocenters. The maximum atomic E-state index is 12.7. The van der Waals surface area contributed by atoms with Gasteiger partial charge in [-0.1, -0.05) is 54.6 Å². The molecule has 5 heteroatoms. The van der Waals surface area contributed by atoms with Crippen molar-refractivity contribution in [2.75, 3.05) is 5.32 Å². The number of amides is 1. The SMILES string of the molecule is Cc1nn(-c2ccccc2)nc1C(=O)Nc1cccc2ccccc12. The molecule has 1 N–H and O–H groups in total. The normalized spacial score (nSPS) is 10.8. The Morgan fingerprint density at radius 1 is 0.880 bits per heavy atom. The molecule has 0 fully saturated rings.